The highest BCUT2D eigenvalue weighted by Crippen LogP contribution is 2.34. The summed E-state index contributed by atoms with van der Waals surface area (Å²) < 4.78 is 0. The van der Waals surface area contributed by atoms with E-state index in [0.717, 1.165) is 12.0 Å². The quantitative estimate of drug-likeness (QED) is 0.329. The van der Waals surface area contributed by atoms with Gasteiger partial charge in [-0.05, 0) is 30.4 Å². The lowest BCUT2D eigenvalue weighted by Crippen LogP contribution is -2.27. The fraction of sp³-hybridized carbons (Fsp3) is 0.579. The van der Waals surface area contributed by atoms with Crippen LogP contribution in [0.4, 0.5) is 0 Å². The zero-order chi connectivity index (χ0) is 15.9. The van der Waals surface area contributed by atoms with Crippen molar-refractivity contribution in [2.45, 2.75) is 65.4 Å². The first-order valence-corrected chi connectivity index (χ1v) is 7.65. The van der Waals surface area contributed by atoms with E-state index in [4.69, 9.17) is 9.78 Å². The van der Waals surface area contributed by atoms with Gasteiger partial charge in [0.1, 0.15) is 5.60 Å². The monoisotopic (exact) mass is 288 g/mol. The molecule has 0 aliphatic carbocycles. The van der Waals surface area contributed by atoms with Crippen molar-refractivity contribution in [2.24, 2.45) is 0 Å². The van der Waals surface area contributed by atoms with Gasteiger partial charge in [-0.25, -0.2) is 9.78 Å². The van der Waals surface area contributed by atoms with Crippen LogP contribution in [0.5, 0.6) is 0 Å². The van der Waals surface area contributed by atoms with E-state index in [-0.39, 0.29) is 5.41 Å². The van der Waals surface area contributed by atoms with Crippen LogP contribution < -0.4 is 0 Å². The molecule has 0 spiro atoms. The largest absolute Gasteiger partial charge is 0.235 e. The Labute approximate surface area is 129 Å². The molecule has 0 heterocycles. The normalized spacial score (nSPS) is 11.9. The molecule has 0 radical (unpaired) electrons. The van der Waals surface area contributed by atoms with Crippen LogP contribution in [0.3, 0.4) is 0 Å². The molecule has 0 saturated heterocycles. The standard InChI is InChI=1S/C19H28O2/c1-7-8-9-12-15-20-21-19(5,6)17-14-11-10-13-16(17)18(2,3)4/h10-11,13-14H,7,12,15H2,1-6H3. The number of hydrogen-bond acceptors (Lipinski definition) is 2. The molecule has 0 bridgehead atoms. The zero-order valence-corrected chi connectivity index (χ0v) is 14.2. The lowest BCUT2D eigenvalue weighted by Gasteiger charge is -2.31. The number of benzene rings is 1. The van der Waals surface area contributed by atoms with E-state index < -0.39 is 5.60 Å². The Bertz CT molecular complexity index is 498. The van der Waals surface area contributed by atoms with Crippen molar-refractivity contribution in [3.63, 3.8) is 0 Å². The average molecular weight is 288 g/mol. The number of hydrogen-bond donors (Lipinski definition) is 0. The van der Waals surface area contributed by atoms with Gasteiger partial charge in [0, 0.05) is 12.8 Å². The molecule has 2 heteroatoms. The molecular formula is C19H28O2. The van der Waals surface area contributed by atoms with Crippen LogP contribution >= 0.6 is 0 Å². The molecule has 0 unspecified atom stereocenters. The summed E-state index contributed by atoms with van der Waals surface area (Å²) in [5.74, 6) is 6.06. The Morgan fingerprint density at radius 3 is 2.14 bits per heavy atom. The Balaban J connectivity index is 2.74. The van der Waals surface area contributed by atoms with Crippen LogP contribution in [0.2, 0.25) is 0 Å². The maximum Gasteiger partial charge on any atom is 0.123 e. The molecule has 0 aliphatic heterocycles. The summed E-state index contributed by atoms with van der Waals surface area (Å²) >= 11 is 0. The molecule has 21 heavy (non-hydrogen) atoms. The fourth-order valence-electron chi connectivity index (χ4n) is 2.20. The van der Waals surface area contributed by atoms with Crippen molar-refractivity contribution in [3.05, 3.63) is 35.4 Å². The van der Waals surface area contributed by atoms with Crippen LogP contribution in [0.25, 0.3) is 0 Å². The van der Waals surface area contributed by atoms with Crippen LogP contribution in [0.1, 0.15) is 65.5 Å². The molecule has 1 rings (SSSR count). The molecule has 0 N–H and O–H groups in total. The van der Waals surface area contributed by atoms with E-state index in [1.165, 1.54) is 5.56 Å². The van der Waals surface area contributed by atoms with Crippen LogP contribution in [-0.2, 0) is 20.8 Å². The van der Waals surface area contributed by atoms with E-state index in [1.54, 1.807) is 0 Å². The zero-order valence-electron chi connectivity index (χ0n) is 14.2. The molecule has 1 aromatic carbocycles. The van der Waals surface area contributed by atoms with Gasteiger partial charge in [-0.15, -0.1) is 11.8 Å². The third-order valence-electron chi connectivity index (χ3n) is 3.26. The molecule has 0 fully saturated rings. The molecular weight excluding hydrogens is 260 g/mol. The maximum atomic E-state index is 5.66. The molecule has 116 valence electrons. The highest BCUT2D eigenvalue weighted by atomic mass is 17.2. The predicted molar refractivity (Wildman–Crippen MR) is 87.9 cm³/mol. The van der Waals surface area contributed by atoms with Crippen molar-refractivity contribution < 1.29 is 9.78 Å². The smallest absolute Gasteiger partial charge is 0.123 e. The molecule has 2 nitrogen and oxygen atoms in total. The molecule has 0 aliphatic rings. The molecule has 0 aromatic heterocycles. The van der Waals surface area contributed by atoms with E-state index >= 15 is 0 Å². The van der Waals surface area contributed by atoms with Crippen LogP contribution in [0, 0.1) is 11.8 Å². The summed E-state index contributed by atoms with van der Waals surface area (Å²) in [4.78, 5) is 11.0. The SMILES string of the molecule is CCC#CCCOOC(C)(C)c1ccccc1C(C)(C)C. The first kappa shape index (κ1) is 17.8. The van der Waals surface area contributed by atoms with Gasteiger partial charge in [0.05, 0.1) is 6.61 Å². The van der Waals surface area contributed by atoms with Crippen molar-refractivity contribution in [1.29, 1.82) is 0 Å². The summed E-state index contributed by atoms with van der Waals surface area (Å²) in [7, 11) is 0. The van der Waals surface area contributed by atoms with E-state index in [0.29, 0.717) is 13.0 Å². The average Bonchev–Trinajstić information content (AvgIpc) is 2.42. The Hall–Kier alpha value is -1.30. The lowest BCUT2D eigenvalue weighted by molar-refractivity contribution is -0.357. The van der Waals surface area contributed by atoms with E-state index in [2.05, 4.69) is 50.8 Å². The van der Waals surface area contributed by atoms with Crippen LogP contribution in [-0.4, -0.2) is 6.61 Å². The number of rotatable bonds is 5. The predicted octanol–water partition coefficient (Wildman–Crippen LogP) is 4.97. The van der Waals surface area contributed by atoms with Crippen LogP contribution in [0.15, 0.2) is 24.3 Å². The van der Waals surface area contributed by atoms with Crippen molar-refractivity contribution in [1.82, 2.24) is 0 Å². The topological polar surface area (TPSA) is 18.5 Å². The van der Waals surface area contributed by atoms with Gasteiger partial charge < -0.3 is 0 Å². The second kappa shape index (κ2) is 7.64. The first-order valence-electron chi connectivity index (χ1n) is 7.65. The minimum absolute atomic E-state index is 0.0732. The van der Waals surface area contributed by atoms with Gasteiger partial charge >= 0.3 is 0 Å². The maximum absolute atomic E-state index is 5.66. The highest BCUT2D eigenvalue weighted by molar-refractivity contribution is 5.36. The summed E-state index contributed by atoms with van der Waals surface area (Å²) in [6.45, 7) is 13.2. The van der Waals surface area contributed by atoms with Gasteiger partial charge in [-0.2, -0.15) is 0 Å². The third kappa shape index (κ3) is 5.53. The van der Waals surface area contributed by atoms with Gasteiger partial charge in [-0.3, -0.25) is 0 Å². The summed E-state index contributed by atoms with van der Waals surface area (Å²) in [5, 5.41) is 0. The first-order chi connectivity index (χ1) is 9.79. The summed E-state index contributed by atoms with van der Waals surface area (Å²) in [5.41, 5.74) is 2.04. The summed E-state index contributed by atoms with van der Waals surface area (Å²) in [6.07, 6.45) is 1.58. The van der Waals surface area contributed by atoms with E-state index in [1.807, 2.05) is 26.8 Å². The fourth-order valence-corrected chi connectivity index (χ4v) is 2.20. The summed E-state index contributed by atoms with van der Waals surface area (Å²) in [6, 6.07) is 8.39. The van der Waals surface area contributed by atoms with Gasteiger partial charge in [0.25, 0.3) is 0 Å². The van der Waals surface area contributed by atoms with Crippen molar-refractivity contribution >= 4 is 0 Å². The molecule has 1 aromatic rings. The highest BCUT2D eigenvalue weighted by Gasteiger charge is 2.29. The minimum atomic E-state index is -0.484. The minimum Gasteiger partial charge on any atom is -0.235 e. The van der Waals surface area contributed by atoms with Crippen molar-refractivity contribution in [2.75, 3.05) is 6.61 Å². The van der Waals surface area contributed by atoms with Crippen molar-refractivity contribution in [3.8, 4) is 11.8 Å². The Morgan fingerprint density at radius 1 is 0.952 bits per heavy atom. The third-order valence-corrected chi connectivity index (χ3v) is 3.26. The second-order valence-electron chi connectivity index (χ2n) is 6.67. The molecule has 0 atom stereocenters. The van der Waals surface area contributed by atoms with Gasteiger partial charge in [0.2, 0.25) is 0 Å². The van der Waals surface area contributed by atoms with E-state index in [9.17, 15) is 0 Å². The lowest BCUT2D eigenvalue weighted by atomic mass is 9.79. The van der Waals surface area contributed by atoms with Gasteiger partial charge in [-0.1, -0.05) is 52.0 Å². The molecule has 0 saturated carbocycles. The van der Waals surface area contributed by atoms with Gasteiger partial charge in [0.15, 0.2) is 0 Å². The Kier molecular flexibility index (Phi) is 6.45. The second-order valence-corrected chi connectivity index (χ2v) is 6.67. The molecule has 0 amide bonds. The Morgan fingerprint density at radius 2 is 1.57 bits per heavy atom.